The number of rotatable bonds is 1. The van der Waals surface area contributed by atoms with Crippen molar-refractivity contribution in [3.63, 3.8) is 0 Å². The molecule has 0 aromatic rings. The SMILES string of the molecule is OC1C[C@H](O)C(CF)C[C@@H]1O. The summed E-state index contributed by atoms with van der Waals surface area (Å²) in [6.07, 6.45) is -2.35. The minimum absolute atomic E-state index is 0.0791. The van der Waals surface area contributed by atoms with Crippen LogP contribution in [0.2, 0.25) is 0 Å². The molecule has 0 amide bonds. The van der Waals surface area contributed by atoms with Crippen molar-refractivity contribution in [3.8, 4) is 0 Å². The van der Waals surface area contributed by atoms with E-state index in [1.54, 1.807) is 0 Å². The van der Waals surface area contributed by atoms with Crippen LogP contribution in [0.5, 0.6) is 0 Å². The molecule has 1 aliphatic carbocycles. The molecule has 0 aliphatic heterocycles. The fourth-order valence-corrected chi connectivity index (χ4v) is 1.39. The average molecular weight is 164 g/mol. The maximum absolute atomic E-state index is 12.1. The third kappa shape index (κ3) is 1.89. The van der Waals surface area contributed by atoms with E-state index < -0.39 is 30.9 Å². The first-order chi connectivity index (χ1) is 5.15. The van der Waals surface area contributed by atoms with E-state index in [2.05, 4.69) is 0 Å². The third-order valence-electron chi connectivity index (χ3n) is 2.21. The Morgan fingerprint density at radius 3 is 2.09 bits per heavy atom. The molecule has 66 valence electrons. The van der Waals surface area contributed by atoms with E-state index >= 15 is 0 Å². The standard InChI is InChI=1S/C7H13FO3/c8-3-4-1-6(10)7(11)2-5(4)9/h4-7,9-11H,1-3H2/t4?,5-,6-,7?/m0/s1. The van der Waals surface area contributed by atoms with Gasteiger partial charge in [-0.3, -0.25) is 4.39 Å². The lowest BCUT2D eigenvalue weighted by Gasteiger charge is -2.32. The smallest absolute Gasteiger partial charge is 0.0948 e. The second-order valence-electron chi connectivity index (χ2n) is 3.09. The summed E-state index contributed by atoms with van der Waals surface area (Å²) < 4.78 is 12.1. The van der Waals surface area contributed by atoms with E-state index in [0.29, 0.717) is 0 Å². The molecule has 11 heavy (non-hydrogen) atoms. The van der Waals surface area contributed by atoms with Gasteiger partial charge in [0.2, 0.25) is 0 Å². The molecule has 1 aliphatic rings. The van der Waals surface area contributed by atoms with E-state index in [0.717, 1.165) is 0 Å². The van der Waals surface area contributed by atoms with Crippen molar-refractivity contribution >= 4 is 0 Å². The molecule has 0 aromatic heterocycles. The second kappa shape index (κ2) is 3.47. The number of hydrogen-bond donors (Lipinski definition) is 3. The van der Waals surface area contributed by atoms with Gasteiger partial charge in [0, 0.05) is 12.3 Å². The van der Waals surface area contributed by atoms with Gasteiger partial charge in [-0.25, -0.2) is 0 Å². The molecule has 3 N–H and O–H groups in total. The van der Waals surface area contributed by atoms with Gasteiger partial charge in [0.15, 0.2) is 0 Å². The summed E-state index contributed by atoms with van der Waals surface area (Å²) in [6, 6.07) is 0. The fraction of sp³-hybridized carbons (Fsp3) is 1.00. The van der Waals surface area contributed by atoms with Crippen molar-refractivity contribution in [3.05, 3.63) is 0 Å². The molecular weight excluding hydrogens is 151 g/mol. The van der Waals surface area contributed by atoms with Gasteiger partial charge >= 0.3 is 0 Å². The zero-order chi connectivity index (χ0) is 8.43. The van der Waals surface area contributed by atoms with Crippen molar-refractivity contribution in [2.75, 3.05) is 6.67 Å². The first-order valence-corrected chi connectivity index (χ1v) is 3.75. The van der Waals surface area contributed by atoms with E-state index in [9.17, 15) is 4.39 Å². The first-order valence-electron chi connectivity index (χ1n) is 3.75. The molecule has 0 saturated heterocycles. The molecule has 0 radical (unpaired) electrons. The number of alkyl halides is 1. The third-order valence-corrected chi connectivity index (χ3v) is 2.21. The normalized spacial score (nSPS) is 45.8. The lowest BCUT2D eigenvalue weighted by atomic mass is 9.84. The lowest BCUT2D eigenvalue weighted by Crippen LogP contribution is -2.42. The van der Waals surface area contributed by atoms with Crippen LogP contribution in [0.3, 0.4) is 0 Å². The van der Waals surface area contributed by atoms with Crippen LogP contribution in [0, 0.1) is 5.92 Å². The fourth-order valence-electron chi connectivity index (χ4n) is 1.39. The van der Waals surface area contributed by atoms with E-state index in [1.165, 1.54) is 0 Å². The summed E-state index contributed by atoms with van der Waals surface area (Å²) in [5.41, 5.74) is 0. The number of hydrogen-bond acceptors (Lipinski definition) is 3. The zero-order valence-corrected chi connectivity index (χ0v) is 6.15. The van der Waals surface area contributed by atoms with Crippen LogP contribution < -0.4 is 0 Å². The molecule has 4 heteroatoms. The monoisotopic (exact) mass is 164 g/mol. The van der Waals surface area contributed by atoms with Crippen LogP contribution in [0.4, 0.5) is 4.39 Å². The number of aliphatic hydroxyl groups is 3. The highest BCUT2D eigenvalue weighted by molar-refractivity contribution is 4.84. The molecule has 1 fully saturated rings. The van der Waals surface area contributed by atoms with Gasteiger partial charge in [0.25, 0.3) is 0 Å². The van der Waals surface area contributed by atoms with Gasteiger partial charge in [-0.15, -0.1) is 0 Å². The summed E-state index contributed by atoms with van der Waals surface area (Å²) >= 11 is 0. The minimum atomic E-state index is -0.896. The number of halogens is 1. The predicted octanol–water partition coefficient (Wildman–Crippen LogP) is -0.551. The Morgan fingerprint density at radius 1 is 1.00 bits per heavy atom. The van der Waals surface area contributed by atoms with Crippen LogP contribution >= 0.6 is 0 Å². The molecular formula is C7H13FO3. The molecule has 1 saturated carbocycles. The summed E-state index contributed by atoms with van der Waals surface area (Å²) in [6.45, 7) is -0.634. The van der Waals surface area contributed by atoms with Gasteiger partial charge in [0.1, 0.15) is 0 Å². The highest BCUT2D eigenvalue weighted by Crippen LogP contribution is 2.25. The summed E-state index contributed by atoms with van der Waals surface area (Å²) in [4.78, 5) is 0. The van der Waals surface area contributed by atoms with Crippen molar-refractivity contribution in [2.45, 2.75) is 31.2 Å². The van der Waals surface area contributed by atoms with E-state index in [4.69, 9.17) is 15.3 Å². The van der Waals surface area contributed by atoms with Crippen molar-refractivity contribution in [1.29, 1.82) is 0 Å². The minimum Gasteiger partial charge on any atom is -0.393 e. The van der Waals surface area contributed by atoms with Gasteiger partial charge in [-0.05, 0) is 6.42 Å². The Bertz CT molecular complexity index is 131. The molecule has 3 nitrogen and oxygen atoms in total. The quantitative estimate of drug-likeness (QED) is 0.487. The van der Waals surface area contributed by atoms with Gasteiger partial charge in [-0.2, -0.15) is 0 Å². The van der Waals surface area contributed by atoms with Crippen LogP contribution in [-0.4, -0.2) is 40.3 Å². The Labute approximate surface area is 64.5 Å². The molecule has 0 aromatic carbocycles. The molecule has 0 heterocycles. The lowest BCUT2D eigenvalue weighted by molar-refractivity contribution is -0.0809. The molecule has 0 spiro atoms. The Morgan fingerprint density at radius 2 is 1.55 bits per heavy atom. The number of aliphatic hydroxyl groups excluding tert-OH is 3. The van der Waals surface area contributed by atoms with Crippen LogP contribution in [0.15, 0.2) is 0 Å². The van der Waals surface area contributed by atoms with Crippen molar-refractivity contribution in [2.24, 2.45) is 5.92 Å². The van der Waals surface area contributed by atoms with Gasteiger partial charge in [0.05, 0.1) is 25.0 Å². The molecule has 4 atom stereocenters. The maximum Gasteiger partial charge on any atom is 0.0948 e. The van der Waals surface area contributed by atoms with Crippen LogP contribution in [0.1, 0.15) is 12.8 Å². The van der Waals surface area contributed by atoms with Gasteiger partial charge < -0.3 is 15.3 Å². The Hall–Kier alpha value is -0.190. The van der Waals surface area contributed by atoms with E-state index in [-0.39, 0.29) is 12.8 Å². The highest BCUT2D eigenvalue weighted by atomic mass is 19.1. The Balaban J connectivity index is 2.48. The van der Waals surface area contributed by atoms with Gasteiger partial charge in [-0.1, -0.05) is 0 Å². The first kappa shape index (κ1) is 8.90. The summed E-state index contributed by atoms with van der Waals surface area (Å²) in [5.74, 6) is -0.506. The van der Waals surface area contributed by atoms with E-state index in [1.807, 2.05) is 0 Å². The zero-order valence-electron chi connectivity index (χ0n) is 6.15. The topological polar surface area (TPSA) is 60.7 Å². The summed E-state index contributed by atoms with van der Waals surface area (Å²) in [7, 11) is 0. The summed E-state index contributed by atoms with van der Waals surface area (Å²) in [5, 5.41) is 27.2. The molecule has 0 bridgehead atoms. The maximum atomic E-state index is 12.1. The Kier molecular flexibility index (Phi) is 2.81. The largest absolute Gasteiger partial charge is 0.393 e. The average Bonchev–Trinajstić information content (AvgIpc) is 1.97. The predicted molar refractivity (Wildman–Crippen MR) is 36.7 cm³/mol. The van der Waals surface area contributed by atoms with Crippen molar-refractivity contribution in [1.82, 2.24) is 0 Å². The second-order valence-corrected chi connectivity index (χ2v) is 3.09. The highest BCUT2D eigenvalue weighted by Gasteiger charge is 2.33. The molecule has 1 rings (SSSR count). The van der Waals surface area contributed by atoms with Crippen LogP contribution in [-0.2, 0) is 0 Å². The van der Waals surface area contributed by atoms with Crippen LogP contribution in [0.25, 0.3) is 0 Å². The molecule has 2 unspecified atom stereocenters. The van der Waals surface area contributed by atoms with Crippen molar-refractivity contribution < 1.29 is 19.7 Å².